The first kappa shape index (κ1) is 17.8. The van der Waals surface area contributed by atoms with Crippen LogP contribution in [0.3, 0.4) is 0 Å². The fourth-order valence-corrected chi connectivity index (χ4v) is 4.50. The van der Waals surface area contributed by atoms with E-state index in [2.05, 4.69) is 4.98 Å². The Kier molecular flexibility index (Phi) is 4.06. The van der Waals surface area contributed by atoms with Gasteiger partial charge in [-0.15, -0.1) is 0 Å². The molecule has 2 aliphatic heterocycles. The highest BCUT2D eigenvalue weighted by atomic mass is 16.5. The summed E-state index contributed by atoms with van der Waals surface area (Å²) in [5.41, 5.74) is 3.54. The first-order valence-electron chi connectivity index (χ1n) is 9.59. The molecule has 148 valence electrons. The number of benzene rings is 2. The third-order valence-corrected chi connectivity index (χ3v) is 5.91. The summed E-state index contributed by atoms with van der Waals surface area (Å²) in [5, 5.41) is 11.1. The van der Waals surface area contributed by atoms with Gasteiger partial charge in [0, 0.05) is 23.0 Å². The maximum absolute atomic E-state index is 13.2. The Labute approximate surface area is 167 Å². The number of aliphatic hydroxyl groups excluding tert-OH is 1. The number of imide groups is 1. The van der Waals surface area contributed by atoms with Crippen LogP contribution in [0, 0.1) is 0 Å². The smallest absolute Gasteiger partial charge is 0.328 e. The van der Waals surface area contributed by atoms with Gasteiger partial charge in [0.2, 0.25) is 0 Å². The number of methoxy groups -OCH3 is 1. The van der Waals surface area contributed by atoms with E-state index in [0.29, 0.717) is 6.42 Å². The van der Waals surface area contributed by atoms with E-state index < -0.39 is 12.1 Å². The molecule has 29 heavy (non-hydrogen) atoms. The van der Waals surface area contributed by atoms with Crippen molar-refractivity contribution in [2.24, 2.45) is 0 Å². The molecule has 7 nitrogen and oxygen atoms in total. The number of rotatable bonds is 4. The number of amides is 3. The summed E-state index contributed by atoms with van der Waals surface area (Å²) < 4.78 is 5.34. The van der Waals surface area contributed by atoms with Crippen molar-refractivity contribution in [2.75, 3.05) is 13.7 Å². The zero-order chi connectivity index (χ0) is 20.1. The van der Waals surface area contributed by atoms with Crippen LogP contribution in [0.15, 0.2) is 48.5 Å². The predicted molar refractivity (Wildman–Crippen MR) is 106 cm³/mol. The number of fused-ring (bicyclic) bond motifs is 4. The molecule has 2 aliphatic rings. The number of aliphatic hydroxyl groups is 1. The highest BCUT2D eigenvalue weighted by Gasteiger charge is 2.51. The van der Waals surface area contributed by atoms with Gasteiger partial charge in [-0.3, -0.25) is 9.69 Å². The average molecular weight is 391 g/mol. The quantitative estimate of drug-likeness (QED) is 0.670. The maximum Gasteiger partial charge on any atom is 0.328 e. The molecule has 0 radical (unpaired) electrons. The summed E-state index contributed by atoms with van der Waals surface area (Å²) in [6, 6.07) is 13.6. The number of carbonyl (C=O) groups is 2. The molecule has 1 saturated heterocycles. The largest absolute Gasteiger partial charge is 0.497 e. The van der Waals surface area contributed by atoms with Gasteiger partial charge in [-0.05, 0) is 29.3 Å². The molecular weight excluding hydrogens is 370 g/mol. The van der Waals surface area contributed by atoms with Crippen molar-refractivity contribution >= 4 is 22.8 Å². The van der Waals surface area contributed by atoms with Crippen molar-refractivity contribution in [3.05, 3.63) is 65.4 Å². The maximum atomic E-state index is 13.2. The Balaban J connectivity index is 1.55. The van der Waals surface area contributed by atoms with Gasteiger partial charge in [0.1, 0.15) is 11.8 Å². The van der Waals surface area contributed by atoms with Crippen LogP contribution in [-0.4, -0.2) is 51.6 Å². The molecule has 2 unspecified atom stereocenters. The summed E-state index contributed by atoms with van der Waals surface area (Å²) >= 11 is 0. The van der Waals surface area contributed by atoms with Crippen molar-refractivity contribution in [3.8, 4) is 5.75 Å². The number of nitrogens with one attached hydrogen (secondary N) is 1. The molecule has 0 bridgehead atoms. The number of ether oxygens (including phenoxy) is 1. The number of aromatic amines is 1. The lowest BCUT2D eigenvalue weighted by atomic mass is 9.92. The SMILES string of the molecule is COc1ccc2[nH]c3c(c2c1)CC1C(=O)N(Cc2ccccc2)C(=O)N1C3CO. The van der Waals surface area contributed by atoms with Crippen LogP contribution in [0.25, 0.3) is 10.9 Å². The van der Waals surface area contributed by atoms with E-state index in [-0.39, 0.29) is 25.1 Å². The predicted octanol–water partition coefficient (Wildman–Crippen LogP) is 2.60. The van der Waals surface area contributed by atoms with Crippen LogP contribution in [0.4, 0.5) is 4.79 Å². The minimum absolute atomic E-state index is 0.222. The Hall–Kier alpha value is -3.32. The minimum Gasteiger partial charge on any atom is -0.497 e. The fraction of sp³-hybridized carbons (Fsp3) is 0.273. The van der Waals surface area contributed by atoms with Crippen molar-refractivity contribution < 1.29 is 19.4 Å². The van der Waals surface area contributed by atoms with E-state index in [1.807, 2.05) is 48.5 Å². The number of hydrogen-bond acceptors (Lipinski definition) is 4. The van der Waals surface area contributed by atoms with E-state index >= 15 is 0 Å². The van der Waals surface area contributed by atoms with Crippen molar-refractivity contribution in [1.82, 2.24) is 14.8 Å². The third kappa shape index (κ3) is 2.61. The number of hydrogen-bond donors (Lipinski definition) is 2. The van der Waals surface area contributed by atoms with Crippen LogP contribution < -0.4 is 4.74 Å². The molecule has 0 aliphatic carbocycles. The normalized spacial score (nSPS) is 20.9. The van der Waals surface area contributed by atoms with E-state index in [1.165, 1.54) is 9.80 Å². The van der Waals surface area contributed by atoms with Crippen LogP contribution in [0.1, 0.15) is 22.9 Å². The van der Waals surface area contributed by atoms with Crippen LogP contribution in [-0.2, 0) is 17.8 Å². The number of aromatic nitrogens is 1. The van der Waals surface area contributed by atoms with Crippen LogP contribution in [0.2, 0.25) is 0 Å². The van der Waals surface area contributed by atoms with Crippen LogP contribution in [0.5, 0.6) is 5.75 Å². The highest BCUT2D eigenvalue weighted by molar-refractivity contribution is 6.05. The summed E-state index contributed by atoms with van der Waals surface area (Å²) in [6.07, 6.45) is 0.412. The number of carbonyl (C=O) groups excluding carboxylic acids is 2. The zero-order valence-electron chi connectivity index (χ0n) is 16.0. The lowest BCUT2D eigenvalue weighted by molar-refractivity contribution is -0.129. The molecule has 2 aromatic carbocycles. The van der Waals surface area contributed by atoms with Gasteiger partial charge >= 0.3 is 6.03 Å². The molecule has 0 saturated carbocycles. The molecule has 1 fully saturated rings. The topological polar surface area (TPSA) is 85.9 Å². The second kappa shape index (κ2) is 6.63. The molecule has 3 heterocycles. The molecule has 3 aromatic rings. The van der Waals surface area contributed by atoms with Gasteiger partial charge in [-0.2, -0.15) is 0 Å². The van der Waals surface area contributed by atoms with Gasteiger partial charge < -0.3 is 19.7 Å². The summed E-state index contributed by atoms with van der Waals surface area (Å²) in [5.74, 6) is 0.502. The van der Waals surface area contributed by atoms with Gasteiger partial charge in [0.25, 0.3) is 5.91 Å². The standard InChI is InChI=1S/C22H21N3O4/c1-29-14-7-8-17-15(9-14)16-10-18-21(27)24(11-13-5-3-2-4-6-13)22(28)25(18)19(12-26)20(16)23-17/h2-9,18-19,23,26H,10-12H2,1H3. The molecule has 1 aromatic heterocycles. The third-order valence-electron chi connectivity index (χ3n) is 5.91. The molecule has 3 amide bonds. The Morgan fingerprint density at radius 2 is 1.97 bits per heavy atom. The van der Waals surface area contributed by atoms with Gasteiger partial charge in [-0.25, -0.2) is 4.79 Å². The van der Waals surface area contributed by atoms with Gasteiger partial charge in [0.05, 0.1) is 26.3 Å². The molecule has 7 heteroatoms. The molecule has 2 N–H and O–H groups in total. The van der Waals surface area contributed by atoms with E-state index in [0.717, 1.165) is 33.5 Å². The first-order chi connectivity index (χ1) is 14.1. The highest BCUT2D eigenvalue weighted by Crippen LogP contribution is 2.41. The second-order valence-electron chi connectivity index (χ2n) is 7.45. The molecular formula is C22H21N3O4. The molecule has 5 rings (SSSR count). The van der Waals surface area contributed by atoms with Gasteiger partial charge in [0.15, 0.2) is 0 Å². The van der Waals surface area contributed by atoms with Crippen LogP contribution >= 0.6 is 0 Å². The van der Waals surface area contributed by atoms with E-state index in [4.69, 9.17) is 4.74 Å². The monoisotopic (exact) mass is 391 g/mol. The zero-order valence-corrected chi connectivity index (χ0v) is 16.0. The van der Waals surface area contributed by atoms with Crippen molar-refractivity contribution in [1.29, 1.82) is 0 Å². The Bertz CT molecular complexity index is 1110. The number of H-pyrrole nitrogens is 1. The Morgan fingerprint density at radius 1 is 1.17 bits per heavy atom. The lowest BCUT2D eigenvalue weighted by Gasteiger charge is -2.34. The average Bonchev–Trinajstić information content (AvgIpc) is 3.23. The lowest BCUT2D eigenvalue weighted by Crippen LogP contribution is -2.44. The molecule has 0 spiro atoms. The first-order valence-corrected chi connectivity index (χ1v) is 9.59. The Morgan fingerprint density at radius 3 is 2.69 bits per heavy atom. The molecule has 2 atom stereocenters. The van der Waals surface area contributed by atoms with Crippen molar-refractivity contribution in [3.63, 3.8) is 0 Å². The van der Waals surface area contributed by atoms with Crippen molar-refractivity contribution in [2.45, 2.75) is 25.0 Å². The fourth-order valence-electron chi connectivity index (χ4n) is 4.50. The van der Waals surface area contributed by atoms with Gasteiger partial charge in [-0.1, -0.05) is 30.3 Å². The summed E-state index contributed by atoms with van der Waals surface area (Å²) in [4.78, 5) is 32.4. The number of nitrogens with zero attached hydrogens (tertiary/aromatic N) is 2. The van der Waals surface area contributed by atoms with E-state index in [1.54, 1.807) is 7.11 Å². The number of urea groups is 1. The summed E-state index contributed by atoms with van der Waals surface area (Å²) in [7, 11) is 1.61. The van der Waals surface area contributed by atoms with E-state index in [9.17, 15) is 14.7 Å². The minimum atomic E-state index is -0.610. The second-order valence-corrected chi connectivity index (χ2v) is 7.45. The summed E-state index contributed by atoms with van der Waals surface area (Å²) in [6.45, 7) is -0.0299.